The van der Waals surface area contributed by atoms with Crippen LogP contribution in [0.15, 0.2) is 23.1 Å². The zero-order valence-electron chi connectivity index (χ0n) is 11.4. The topological polar surface area (TPSA) is 95.7 Å². The Hall–Kier alpha value is -1.31. The minimum absolute atomic E-state index is 0.0225. The van der Waals surface area contributed by atoms with Crippen LogP contribution in [0.3, 0.4) is 0 Å². The molecule has 0 bridgehead atoms. The molecule has 0 saturated heterocycles. The standard InChI is InChI=1S/C12H21N3O3S/c1-9(2)15(6-7-16)10-4-5-12(11(13)8-10)19(17,18)14-3/h4-5,8-9,14,16H,6-7,13H2,1-3H3. The first-order valence-corrected chi connectivity index (χ1v) is 7.52. The average molecular weight is 287 g/mol. The van der Waals surface area contributed by atoms with Crippen LogP contribution >= 0.6 is 0 Å². The summed E-state index contributed by atoms with van der Waals surface area (Å²) < 4.78 is 25.7. The Kier molecular flexibility index (Phi) is 5.16. The molecule has 0 spiro atoms. The molecular weight excluding hydrogens is 266 g/mol. The van der Waals surface area contributed by atoms with Crippen molar-refractivity contribution in [2.75, 3.05) is 30.8 Å². The Labute approximate surface area is 114 Å². The number of rotatable bonds is 6. The second kappa shape index (κ2) is 6.23. The van der Waals surface area contributed by atoms with Crippen LogP contribution in [0.2, 0.25) is 0 Å². The molecule has 1 aromatic carbocycles. The lowest BCUT2D eigenvalue weighted by molar-refractivity contribution is 0.299. The first-order valence-electron chi connectivity index (χ1n) is 6.04. The van der Waals surface area contributed by atoms with Crippen LogP contribution in [0.25, 0.3) is 0 Å². The molecule has 0 atom stereocenters. The predicted molar refractivity (Wildman–Crippen MR) is 76.7 cm³/mol. The maximum Gasteiger partial charge on any atom is 0.242 e. The highest BCUT2D eigenvalue weighted by atomic mass is 32.2. The number of nitrogen functional groups attached to an aromatic ring is 1. The van der Waals surface area contributed by atoms with Gasteiger partial charge in [-0.25, -0.2) is 13.1 Å². The van der Waals surface area contributed by atoms with Gasteiger partial charge in [-0.3, -0.25) is 0 Å². The minimum atomic E-state index is -3.55. The number of sulfonamides is 1. The van der Waals surface area contributed by atoms with E-state index in [0.717, 1.165) is 5.69 Å². The van der Waals surface area contributed by atoms with Gasteiger partial charge in [0.25, 0.3) is 0 Å². The SMILES string of the molecule is CNS(=O)(=O)c1ccc(N(CCO)C(C)C)cc1N. The van der Waals surface area contributed by atoms with E-state index in [4.69, 9.17) is 10.8 Å². The molecule has 0 saturated carbocycles. The fourth-order valence-electron chi connectivity index (χ4n) is 1.86. The van der Waals surface area contributed by atoms with E-state index in [1.165, 1.54) is 13.1 Å². The summed E-state index contributed by atoms with van der Waals surface area (Å²) in [6, 6.07) is 4.96. The maximum atomic E-state index is 11.7. The zero-order valence-corrected chi connectivity index (χ0v) is 12.2. The van der Waals surface area contributed by atoms with E-state index >= 15 is 0 Å². The van der Waals surface area contributed by atoms with Gasteiger partial charge in [-0.2, -0.15) is 0 Å². The first-order chi connectivity index (χ1) is 8.83. The molecule has 6 nitrogen and oxygen atoms in total. The van der Waals surface area contributed by atoms with Crippen molar-refractivity contribution in [2.45, 2.75) is 24.8 Å². The molecule has 0 aromatic heterocycles. The summed E-state index contributed by atoms with van der Waals surface area (Å²) in [7, 11) is -2.20. The number of anilines is 2. The van der Waals surface area contributed by atoms with Crippen LogP contribution in [0.5, 0.6) is 0 Å². The van der Waals surface area contributed by atoms with E-state index in [1.54, 1.807) is 12.1 Å². The van der Waals surface area contributed by atoms with Gasteiger partial charge in [0.15, 0.2) is 0 Å². The van der Waals surface area contributed by atoms with Gasteiger partial charge in [0.2, 0.25) is 10.0 Å². The van der Waals surface area contributed by atoms with Gasteiger partial charge in [0, 0.05) is 18.3 Å². The normalized spacial score (nSPS) is 11.8. The third-order valence-corrected chi connectivity index (χ3v) is 4.34. The van der Waals surface area contributed by atoms with Crippen LogP contribution in [0, 0.1) is 0 Å². The molecule has 4 N–H and O–H groups in total. The number of aliphatic hydroxyl groups excluding tert-OH is 1. The Balaban J connectivity index is 3.19. The summed E-state index contributed by atoms with van der Waals surface area (Å²) in [5.74, 6) is 0. The smallest absolute Gasteiger partial charge is 0.242 e. The lowest BCUT2D eigenvalue weighted by atomic mass is 10.2. The van der Waals surface area contributed by atoms with Gasteiger partial charge < -0.3 is 15.7 Å². The monoisotopic (exact) mass is 287 g/mol. The lowest BCUT2D eigenvalue weighted by Gasteiger charge is -2.28. The average Bonchev–Trinajstić information content (AvgIpc) is 2.35. The molecule has 0 fully saturated rings. The van der Waals surface area contributed by atoms with Gasteiger partial charge in [0.1, 0.15) is 4.90 Å². The highest BCUT2D eigenvalue weighted by Crippen LogP contribution is 2.25. The van der Waals surface area contributed by atoms with Crippen molar-refractivity contribution >= 4 is 21.4 Å². The molecule has 0 radical (unpaired) electrons. The molecule has 1 aromatic rings. The van der Waals surface area contributed by atoms with Crippen molar-refractivity contribution in [1.29, 1.82) is 0 Å². The fraction of sp³-hybridized carbons (Fsp3) is 0.500. The van der Waals surface area contributed by atoms with Crippen molar-refractivity contribution in [2.24, 2.45) is 0 Å². The Morgan fingerprint density at radius 1 is 1.42 bits per heavy atom. The van der Waals surface area contributed by atoms with E-state index in [1.807, 2.05) is 18.7 Å². The van der Waals surface area contributed by atoms with Gasteiger partial charge in [-0.15, -0.1) is 0 Å². The van der Waals surface area contributed by atoms with Crippen LogP contribution in [0.1, 0.15) is 13.8 Å². The molecule has 0 aliphatic carbocycles. The highest BCUT2D eigenvalue weighted by molar-refractivity contribution is 7.89. The largest absolute Gasteiger partial charge is 0.398 e. The summed E-state index contributed by atoms with van der Waals surface area (Å²) in [4.78, 5) is 2.01. The number of nitrogens with two attached hydrogens (primary N) is 1. The maximum absolute atomic E-state index is 11.7. The summed E-state index contributed by atoms with van der Waals surface area (Å²) in [5, 5.41) is 9.06. The molecule has 0 unspecified atom stereocenters. The summed E-state index contributed by atoms with van der Waals surface area (Å²) >= 11 is 0. The van der Waals surface area contributed by atoms with Gasteiger partial charge in [0.05, 0.1) is 12.3 Å². The Bertz CT molecular complexity index is 529. The first kappa shape index (κ1) is 15.7. The van der Waals surface area contributed by atoms with Crippen LogP contribution in [0.4, 0.5) is 11.4 Å². The van der Waals surface area contributed by atoms with Crippen molar-refractivity contribution < 1.29 is 13.5 Å². The number of hydrogen-bond acceptors (Lipinski definition) is 5. The Morgan fingerprint density at radius 2 is 2.05 bits per heavy atom. The van der Waals surface area contributed by atoms with Crippen molar-refractivity contribution in [3.63, 3.8) is 0 Å². The van der Waals surface area contributed by atoms with Crippen LogP contribution in [-0.2, 0) is 10.0 Å². The lowest BCUT2D eigenvalue weighted by Crippen LogP contribution is -2.33. The third kappa shape index (κ3) is 3.59. The van der Waals surface area contributed by atoms with Crippen LogP contribution < -0.4 is 15.4 Å². The number of hydrogen-bond donors (Lipinski definition) is 3. The molecular formula is C12H21N3O3S. The Morgan fingerprint density at radius 3 is 2.47 bits per heavy atom. The number of aliphatic hydroxyl groups is 1. The molecule has 0 heterocycles. The molecule has 7 heteroatoms. The molecule has 0 aliphatic heterocycles. The molecule has 0 amide bonds. The van der Waals surface area contributed by atoms with E-state index in [0.29, 0.717) is 6.54 Å². The zero-order chi connectivity index (χ0) is 14.6. The second-order valence-electron chi connectivity index (χ2n) is 4.44. The fourth-order valence-corrected chi connectivity index (χ4v) is 2.70. The number of nitrogens with one attached hydrogen (secondary N) is 1. The number of benzene rings is 1. The highest BCUT2D eigenvalue weighted by Gasteiger charge is 2.17. The minimum Gasteiger partial charge on any atom is -0.398 e. The molecule has 19 heavy (non-hydrogen) atoms. The number of nitrogens with zero attached hydrogens (tertiary/aromatic N) is 1. The van der Waals surface area contributed by atoms with Gasteiger partial charge in [-0.05, 0) is 39.1 Å². The van der Waals surface area contributed by atoms with Gasteiger partial charge >= 0.3 is 0 Å². The quantitative estimate of drug-likeness (QED) is 0.658. The second-order valence-corrected chi connectivity index (χ2v) is 6.30. The van der Waals surface area contributed by atoms with E-state index < -0.39 is 10.0 Å². The van der Waals surface area contributed by atoms with Gasteiger partial charge in [-0.1, -0.05) is 0 Å². The summed E-state index contributed by atoms with van der Waals surface area (Å²) in [5.41, 5.74) is 6.79. The van der Waals surface area contributed by atoms with E-state index in [-0.39, 0.29) is 23.2 Å². The predicted octanol–water partition coefficient (Wildman–Crippen LogP) is 0.384. The van der Waals surface area contributed by atoms with Crippen LogP contribution in [-0.4, -0.2) is 39.8 Å². The van der Waals surface area contributed by atoms with E-state index in [9.17, 15) is 8.42 Å². The third-order valence-electron chi connectivity index (χ3n) is 2.85. The summed E-state index contributed by atoms with van der Waals surface area (Å²) in [6.07, 6.45) is 0. The van der Waals surface area contributed by atoms with Crippen molar-refractivity contribution in [3.8, 4) is 0 Å². The molecule has 1 rings (SSSR count). The molecule has 0 aliphatic rings. The summed E-state index contributed by atoms with van der Waals surface area (Å²) in [6.45, 7) is 4.47. The van der Waals surface area contributed by atoms with Crippen molar-refractivity contribution in [1.82, 2.24) is 4.72 Å². The van der Waals surface area contributed by atoms with E-state index in [2.05, 4.69) is 4.72 Å². The van der Waals surface area contributed by atoms with Crippen molar-refractivity contribution in [3.05, 3.63) is 18.2 Å². The molecule has 108 valence electrons.